The standard InChI is InChI=1S/C24H42N2O3/c1-4-25-17-13-24(29-3,14-18-25)12-9-20-10-15-26(16-11-20)23(28)22-7-5-21(6-8-22)19(2)27/h20-22H,4-18H2,1-3H3. The second-order valence-electron chi connectivity index (χ2n) is 9.79. The molecule has 1 saturated carbocycles. The minimum Gasteiger partial charge on any atom is -0.378 e. The lowest BCUT2D eigenvalue weighted by Crippen LogP contribution is -2.46. The predicted molar refractivity (Wildman–Crippen MR) is 116 cm³/mol. The van der Waals surface area contributed by atoms with Crippen LogP contribution >= 0.6 is 0 Å². The summed E-state index contributed by atoms with van der Waals surface area (Å²) < 4.78 is 6.01. The van der Waals surface area contributed by atoms with E-state index in [2.05, 4.69) is 16.7 Å². The number of amides is 1. The number of likely N-dealkylation sites (tertiary alicyclic amines) is 2. The first-order valence-corrected chi connectivity index (χ1v) is 12.0. The van der Waals surface area contributed by atoms with Crippen molar-refractivity contribution in [2.24, 2.45) is 17.8 Å². The minimum atomic E-state index is 0.0774. The molecule has 0 aromatic heterocycles. The van der Waals surface area contributed by atoms with Gasteiger partial charge in [-0.25, -0.2) is 0 Å². The molecule has 5 heteroatoms. The van der Waals surface area contributed by atoms with Gasteiger partial charge in [-0.15, -0.1) is 0 Å². The van der Waals surface area contributed by atoms with Crippen LogP contribution in [0.4, 0.5) is 0 Å². The molecule has 2 saturated heterocycles. The first kappa shape index (κ1) is 22.7. The van der Waals surface area contributed by atoms with Crippen molar-refractivity contribution >= 4 is 11.7 Å². The molecule has 2 aliphatic heterocycles. The predicted octanol–water partition coefficient (Wildman–Crippen LogP) is 3.90. The highest BCUT2D eigenvalue weighted by Gasteiger charge is 2.36. The Hall–Kier alpha value is -0.940. The molecule has 0 bridgehead atoms. The molecule has 0 radical (unpaired) electrons. The summed E-state index contributed by atoms with van der Waals surface area (Å²) in [5.74, 6) is 1.73. The largest absolute Gasteiger partial charge is 0.378 e. The van der Waals surface area contributed by atoms with E-state index < -0.39 is 0 Å². The molecular weight excluding hydrogens is 364 g/mol. The number of nitrogens with zero attached hydrogens (tertiary/aromatic N) is 2. The van der Waals surface area contributed by atoms with Gasteiger partial charge in [0.15, 0.2) is 0 Å². The second-order valence-corrected chi connectivity index (χ2v) is 9.79. The summed E-state index contributed by atoms with van der Waals surface area (Å²) in [5.41, 5.74) is 0.0774. The molecule has 0 spiro atoms. The van der Waals surface area contributed by atoms with Crippen molar-refractivity contribution in [2.75, 3.05) is 39.8 Å². The van der Waals surface area contributed by atoms with Gasteiger partial charge in [0, 0.05) is 45.1 Å². The van der Waals surface area contributed by atoms with Crippen LogP contribution in [0.5, 0.6) is 0 Å². The van der Waals surface area contributed by atoms with Gasteiger partial charge in [0.05, 0.1) is 5.60 Å². The number of rotatable bonds is 7. The number of Topliss-reactive ketones (excluding diaryl/α,β-unsaturated/α-hetero) is 1. The van der Waals surface area contributed by atoms with Gasteiger partial charge >= 0.3 is 0 Å². The van der Waals surface area contributed by atoms with Crippen LogP contribution in [0.1, 0.15) is 78.1 Å². The van der Waals surface area contributed by atoms with Gasteiger partial charge in [-0.05, 0) is 83.6 Å². The van der Waals surface area contributed by atoms with E-state index in [4.69, 9.17) is 4.74 Å². The normalized spacial score (nSPS) is 29.0. The van der Waals surface area contributed by atoms with Crippen molar-refractivity contribution in [2.45, 2.75) is 83.7 Å². The van der Waals surface area contributed by atoms with E-state index >= 15 is 0 Å². The number of ketones is 1. The van der Waals surface area contributed by atoms with E-state index in [0.29, 0.717) is 11.7 Å². The summed E-state index contributed by atoms with van der Waals surface area (Å²) >= 11 is 0. The third-order valence-electron chi connectivity index (χ3n) is 8.23. The highest BCUT2D eigenvalue weighted by molar-refractivity contribution is 5.81. The minimum absolute atomic E-state index is 0.0774. The zero-order valence-electron chi connectivity index (χ0n) is 19.0. The van der Waals surface area contributed by atoms with E-state index in [0.717, 1.165) is 96.4 Å². The molecule has 3 fully saturated rings. The first-order valence-electron chi connectivity index (χ1n) is 12.0. The summed E-state index contributed by atoms with van der Waals surface area (Å²) in [7, 11) is 1.89. The molecule has 29 heavy (non-hydrogen) atoms. The van der Waals surface area contributed by atoms with Gasteiger partial charge in [-0.3, -0.25) is 9.59 Å². The fourth-order valence-corrected chi connectivity index (χ4v) is 5.75. The van der Waals surface area contributed by atoms with Crippen LogP contribution < -0.4 is 0 Å². The Morgan fingerprint density at radius 3 is 2.03 bits per heavy atom. The molecule has 2 heterocycles. The first-order chi connectivity index (χ1) is 14.0. The Kier molecular flexibility index (Phi) is 8.15. The molecule has 1 aliphatic carbocycles. The van der Waals surface area contributed by atoms with Crippen molar-refractivity contribution in [1.82, 2.24) is 9.80 Å². The smallest absolute Gasteiger partial charge is 0.225 e. The molecule has 3 rings (SSSR count). The second kappa shape index (κ2) is 10.4. The summed E-state index contributed by atoms with van der Waals surface area (Å²) in [6.45, 7) is 9.22. The van der Waals surface area contributed by atoms with Crippen molar-refractivity contribution in [3.05, 3.63) is 0 Å². The van der Waals surface area contributed by atoms with Crippen molar-refractivity contribution in [3.8, 4) is 0 Å². The van der Waals surface area contributed by atoms with Crippen LogP contribution in [0.2, 0.25) is 0 Å². The van der Waals surface area contributed by atoms with Crippen LogP contribution in [-0.2, 0) is 14.3 Å². The van der Waals surface area contributed by atoms with Crippen LogP contribution in [0, 0.1) is 17.8 Å². The fourth-order valence-electron chi connectivity index (χ4n) is 5.75. The van der Waals surface area contributed by atoms with Gasteiger partial charge in [0.25, 0.3) is 0 Å². The summed E-state index contributed by atoms with van der Waals surface area (Å²) in [5, 5.41) is 0. The van der Waals surface area contributed by atoms with E-state index in [1.165, 1.54) is 6.42 Å². The van der Waals surface area contributed by atoms with Gasteiger partial charge in [0.1, 0.15) is 5.78 Å². The molecule has 0 aromatic carbocycles. The Morgan fingerprint density at radius 1 is 0.931 bits per heavy atom. The van der Waals surface area contributed by atoms with Gasteiger partial charge in [-0.1, -0.05) is 6.92 Å². The molecule has 0 unspecified atom stereocenters. The van der Waals surface area contributed by atoms with Crippen LogP contribution in [0.3, 0.4) is 0 Å². The molecule has 0 N–H and O–H groups in total. The number of hydrogen-bond donors (Lipinski definition) is 0. The molecule has 3 aliphatic rings. The Bertz CT molecular complexity index is 540. The van der Waals surface area contributed by atoms with E-state index in [9.17, 15) is 9.59 Å². The molecule has 5 nitrogen and oxygen atoms in total. The zero-order chi connectivity index (χ0) is 20.9. The lowest BCUT2D eigenvalue weighted by molar-refractivity contribution is -0.139. The van der Waals surface area contributed by atoms with Crippen molar-refractivity contribution in [3.63, 3.8) is 0 Å². The number of hydrogen-bond acceptors (Lipinski definition) is 4. The SMILES string of the molecule is CCN1CCC(CCC2CCN(C(=O)C3CCC(C(C)=O)CC3)CC2)(OC)CC1. The third kappa shape index (κ3) is 5.81. The zero-order valence-corrected chi connectivity index (χ0v) is 19.0. The van der Waals surface area contributed by atoms with Crippen LogP contribution in [0.15, 0.2) is 0 Å². The molecule has 1 amide bonds. The van der Waals surface area contributed by atoms with Crippen LogP contribution in [0.25, 0.3) is 0 Å². The number of carbonyl (C=O) groups is 2. The Balaban J connectivity index is 1.39. The van der Waals surface area contributed by atoms with E-state index in [1.54, 1.807) is 6.92 Å². The Labute approximate surface area is 177 Å². The molecular formula is C24H42N2O3. The highest BCUT2D eigenvalue weighted by Crippen LogP contribution is 2.35. The molecule has 0 atom stereocenters. The fraction of sp³-hybridized carbons (Fsp3) is 0.917. The van der Waals surface area contributed by atoms with Crippen LogP contribution in [-0.4, -0.2) is 66.9 Å². The van der Waals surface area contributed by atoms with Gasteiger partial charge in [0.2, 0.25) is 5.91 Å². The number of ether oxygens (including phenoxy) is 1. The average Bonchev–Trinajstić information content (AvgIpc) is 2.78. The van der Waals surface area contributed by atoms with E-state index in [1.807, 2.05) is 7.11 Å². The number of carbonyl (C=O) groups excluding carboxylic acids is 2. The molecule has 0 aromatic rings. The topological polar surface area (TPSA) is 49.9 Å². The lowest BCUT2D eigenvalue weighted by atomic mass is 9.79. The Morgan fingerprint density at radius 2 is 1.52 bits per heavy atom. The van der Waals surface area contributed by atoms with Gasteiger partial charge < -0.3 is 14.5 Å². The summed E-state index contributed by atoms with van der Waals surface area (Å²) in [4.78, 5) is 29.1. The highest BCUT2D eigenvalue weighted by atomic mass is 16.5. The maximum atomic E-state index is 12.9. The summed E-state index contributed by atoms with van der Waals surface area (Å²) in [6.07, 6.45) is 10.6. The molecule has 166 valence electrons. The maximum Gasteiger partial charge on any atom is 0.225 e. The third-order valence-corrected chi connectivity index (χ3v) is 8.23. The van der Waals surface area contributed by atoms with E-state index in [-0.39, 0.29) is 17.4 Å². The summed E-state index contributed by atoms with van der Waals surface area (Å²) in [6, 6.07) is 0. The van der Waals surface area contributed by atoms with Crippen molar-refractivity contribution < 1.29 is 14.3 Å². The van der Waals surface area contributed by atoms with Gasteiger partial charge in [-0.2, -0.15) is 0 Å². The lowest BCUT2D eigenvalue weighted by Gasteiger charge is -2.42. The number of methoxy groups -OCH3 is 1. The average molecular weight is 407 g/mol. The quantitative estimate of drug-likeness (QED) is 0.643. The maximum absolute atomic E-state index is 12.9. The van der Waals surface area contributed by atoms with Crippen molar-refractivity contribution in [1.29, 1.82) is 0 Å². The monoisotopic (exact) mass is 406 g/mol. The number of piperidine rings is 2.